The molecule has 1 rings (SSSR count). The topological polar surface area (TPSA) is 30.5 Å². The Bertz CT molecular complexity index is 251. The molecule has 3 nitrogen and oxygen atoms in total. The van der Waals surface area contributed by atoms with Gasteiger partial charge in [0.1, 0.15) is 0 Å². The number of hydrogen-bond donors (Lipinski definition) is 1. The third kappa shape index (κ3) is 4.93. The summed E-state index contributed by atoms with van der Waals surface area (Å²) in [6.07, 6.45) is 0. The predicted molar refractivity (Wildman–Crippen MR) is 60.7 cm³/mol. The lowest BCUT2D eigenvalue weighted by Gasteiger charge is -2.12. The van der Waals surface area contributed by atoms with Gasteiger partial charge in [-0.3, -0.25) is 4.84 Å². The van der Waals surface area contributed by atoms with Crippen molar-refractivity contribution >= 4 is 0 Å². The minimum absolute atomic E-state index is 0.453. The summed E-state index contributed by atoms with van der Waals surface area (Å²) in [5.74, 6) is 0.453. The van der Waals surface area contributed by atoms with Crippen LogP contribution in [0.2, 0.25) is 0 Å². The van der Waals surface area contributed by atoms with Gasteiger partial charge in [0.25, 0.3) is 0 Å². The molecule has 0 radical (unpaired) electrons. The van der Waals surface area contributed by atoms with E-state index in [9.17, 15) is 0 Å². The number of hydrogen-bond acceptors (Lipinski definition) is 3. The van der Waals surface area contributed by atoms with Gasteiger partial charge in [-0.1, -0.05) is 37.3 Å². The van der Waals surface area contributed by atoms with E-state index in [1.54, 1.807) is 7.11 Å². The predicted octanol–water partition coefficient (Wildman–Crippen LogP) is 1.96. The van der Waals surface area contributed by atoms with Gasteiger partial charge in [0.15, 0.2) is 0 Å². The van der Waals surface area contributed by atoms with E-state index in [0.29, 0.717) is 19.1 Å². The van der Waals surface area contributed by atoms with E-state index in [4.69, 9.17) is 9.57 Å². The second-order valence-corrected chi connectivity index (χ2v) is 3.50. The monoisotopic (exact) mass is 209 g/mol. The van der Waals surface area contributed by atoms with Crippen LogP contribution in [0, 0.1) is 0 Å². The van der Waals surface area contributed by atoms with Crippen LogP contribution in [0.1, 0.15) is 18.4 Å². The minimum atomic E-state index is 0.453. The van der Waals surface area contributed by atoms with Crippen molar-refractivity contribution in [3.63, 3.8) is 0 Å². The van der Waals surface area contributed by atoms with Crippen LogP contribution in [-0.2, 0) is 9.57 Å². The maximum absolute atomic E-state index is 5.19. The zero-order valence-electron chi connectivity index (χ0n) is 9.40. The van der Waals surface area contributed by atoms with Crippen LogP contribution in [-0.4, -0.2) is 26.9 Å². The fourth-order valence-corrected chi connectivity index (χ4v) is 1.28. The van der Waals surface area contributed by atoms with E-state index in [1.807, 2.05) is 6.07 Å². The van der Waals surface area contributed by atoms with Crippen molar-refractivity contribution in [1.82, 2.24) is 5.48 Å². The third-order valence-corrected chi connectivity index (χ3v) is 2.25. The van der Waals surface area contributed by atoms with E-state index in [2.05, 4.69) is 36.7 Å². The number of nitrogens with one attached hydrogen (secondary N) is 1. The highest BCUT2D eigenvalue weighted by Gasteiger charge is 2.03. The van der Waals surface area contributed by atoms with Crippen molar-refractivity contribution in [2.75, 3.05) is 26.9 Å². The van der Waals surface area contributed by atoms with Gasteiger partial charge in [0.2, 0.25) is 0 Å². The van der Waals surface area contributed by atoms with E-state index < -0.39 is 0 Å². The maximum Gasteiger partial charge on any atom is 0.0915 e. The summed E-state index contributed by atoms with van der Waals surface area (Å²) in [4.78, 5) is 5.19. The molecule has 1 aromatic carbocycles. The Kier molecular flexibility index (Phi) is 6.00. The first-order valence-electron chi connectivity index (χ1n) is 5.23. The first kappa shape index (κ1) is 12.2. The molecule has 0 saturated carbocycles. The van der Waals surface area contributed by atoms with E-state index in [-0.39, 0.29) is 0 Å². The second-order valence-electron chi connectivity index (χ2n) is 3.50. The molecular weight excluding hydrogens is 190 g/mol. The van der Waals surface area contributed by atoms with Gasteiger partial charge in [-0.25, -0.2) is 5.48 Å². The zero-order valence-corrected chi connectivity index (χ0v) is 9.40. The number of ether oxygens (including phenoxy) is 1. The molecule has 1 atom stereocenters. The van der Waals surface area contributed by atoms with Gasteiger partial charge >= 0.3 is 0 Å². The molecule has 1 aromatic rings. The minimum Gasteiger partial charge on any atom is -0.382 e. The molecule has 0 aliphatic heterocycles. The van der Waals surface area contributed by atoms with E-state index in [0.717, 1.165) is 6.54 Å². The molecule has 15 heavy (non-hydrogen) atoms. The van der Waals surface area contributed by atoms with Crippen LogP contribution in [0.5, 0.6) is 0 Å². The van der Waals surface area contributed by atoms with Crippen LogP contribution in [0.15, 0.2) is 30.3 Å². The van der Waals surface area contributed by atoms with Crippen LogP contribution in [0.4, 0.5) is 0 Å². The Morgan fingerprint density at radius 1 is 1.20 bits per heavy atom. The molecule has 0 amide bonds. The van der Waals surface area contributed by atoms with Gasteiger partial charge in [-0.2, -0.15) is 0 Å². The quantitative estimate of drug-likeness (QED) is 0.550. The summed E-state index contributed by atoms with van der Waals surface area (Å²) in [6.45, 7) is 4.18. The lowest BCUT2D eigenvalue weighted by Crippen LogP contribution is -2.22. The molecule has 0 aliphatic rings. The summed E-state index contributed by atoms with van der Waals surface area (Å²) in [6, 6.07) is 10.4. The summed E-state index contributed by atoms with van der Waals surface area (Å²) < 4.78 is 4.87. The maximum atomic E-state index is 5.19. The summed E-state index contributed by atoms with van der Waals surface area (Å²) in [7, 11) is 1.66. The van der Waals surface area contributed by atoms with Crippen LogP contribution >= 0.6 is 0 Å². The second kappa shape index (κ2) is 7.40. The average molecular weight is 209 g/mol. The molecule has 3 heteroatoms. The molecule has 0 aromatic heterocycles. The molecule has 0 spiro atoms. The van der Waals surface area contributed by atoms with E-state index in [1.165, 1.54) is 5.56 Å². The Morgan fingerprint density at radius 2 is 1.93 bits per heavy atom. The molecule has 1 unspecified atom stereocenters. The van der Waals surface area contributed by atoms with Crippen LogP contribution in [0.3, 0.4) is 0 Å². The molecule has 0 heterocycles. The summed E-state index contributed by atoms with van der Waals surface area (Å²) >= 11 is 0. The first-order valence-corrected chi connectivity index (χ1v) is 5.23. The highest BCUT2D eigenvalue weighted by molar-refractivity contribution is 5.18. The molecule has 0 fully saturated rings. The molecular formula is C12H19NO2. The first-order chi connectivity index (χ1) is 7.34. The normalized spacial score (nSPS) is 12.7. The highest BCUT2D eigenvalue weighted by atomic mass is 16.7. The highest BCUT2D eigenvalue weighted by Crippen LogP contribution is 2.12. The van der Waals surface area contributed by atoms with Gasteiger partial charge in [-0.05, 0) is 11.5 Å². The lowest BCUT2D eigenvalue weighted by molar-refractivity contribution is 0.00518. The van der Waals surface area contributed by atoms with Crippen molar-refractivity contribution in [2.45, 2.75) is 12.8 Å². The fourth-order valence-electron chi connectivity index (χ4n) is 1.28. The van der Waals surface area contributed by atoms with Crippen LogP contribution in [0.25, 0.3) is 0 Å². The van der Waals surface area contributed by atoms with Crippen molar-refractivity contribution in [3.8, 4) is 0 Å². The standard InChI is InChI=1S/C12H19NO2/c1-11(10-13-15-9-8-14-2)12-6-4-3-5-7-12/h3-7,11,13H,8-10H2,1-2H3. The average Bonchev–Trinajstić information content (AvgIpc) is 2.30. The summed E-state index contributed by atoms with van der Waals surface area (Å²) in [5.41, 5.74) is 4.26. The fraction of sp³-hybridized carbons (Fsp3) is 0.500. The Morgan fingerprint density at radius 3 is 2.60 bits per heavy atom. The molecule has 0 aliphatic carbocycles. The largest absolute Gasteiger partial charge is 0.382 e. The molecule has 84 valence electrons. The molecule has 1 N–H and O–H groups in total. The number of rotatable bonds is 7. The SMILES string of the molecule is COCCONCC(C)c1ccccc1. The third-order valence-electron chi connectivity index (χ3n) is 2.25. The lowest BCUT2D eigenvalue weighted by atomic mass is 10.0. The van der Waals surface area contributed by atoms with Crippen molar-refractivity contribution in [3.05, 3.63) is 35.9 Å². The van der Waals surface area contributed by atoms with E-state index >= 15 is 0 Å². The van der Waals surface area contributed by atoms with Gasteiger partial charge in [0, 0.05) is 13.7 Å². The smallest absolute Gasteiger partial charge is 0.0915 e. The Hall–Kier alpha value is -0.900. The Labute approximate surface area is 91.4 Å². The van der Waals surface area contributed by atoms with Crippen LogP contribution < -0.4 is 5.48 Å². The zero-order chi connectivity index (χ0) is 10.9. The van der Waals surface area contributed by atoms with Gasteiger partial charge < -0.3 is 4.74 Å². The number of methoxy groups -OCH3 is 1. The van der Waals surface area contributed by atoms with Crippen molar-refractivity contribution in [1.29, 1.82) is 0 Å². The van der Waals surface area contributed by atoms with Gasteiger partial charge in [-0.15, -0.1) is 0 Å². The van der Waals surface area contributed by atoms with Crippen molar-refractivity contribution in [2.24, 2.45) is 0 Å². The van der Waals surface area contributed by atoms with Gasteiger partial charge in [0.05, 0.1) is 13.2 Å². The Balaban J connectivity index is 2.16. The summed E-state index contributed by atoms with van der Waals surface area (Å²) in [5, 5.41) is 0. The molecule has 0 saturated heterocycles. The number of benzene rings is 1. The van der Waals surface area contributed by atoms with Crippen molar-refractivity contribution < 1.29 is 9.57 Å². The molecule has 0 bridgehead atoms. The number of hydroxylamine groups is 1.